The monoisotopic (exact) mass is 464 g/mol. The molecule has 3 aromatic rings. The van der Waals surface area contributed by atoms with Crippen molar-refractivity contribution in [2.24, 2.45) is 0 Å². The molecule has 0 bridgehead atoms. The van der Waals surface area contributed by atoms with E-state index >= 15 is 0 Å². The van der Waals surface area contributed by atoms with Gasteiger partial charge in [0.25, 0.3) is 0 Å². The van der Waals surface area contributed by atoms with Crippen LogP contribution < -0.4 is 10.6 Å². The molecular formula is C21H18F2N2O4S2. The van der Waals surface area contributed by atoms with Gasteiger partial charge >= 0.3 is 11.8 Å². The van der Waals surface area contributed by atoms with Crippen molar-refractivity contribution in [2.45, 2.75) is 16.7 Å². The molecule has 0 aliphatic heterocycles. The predicted octanol–water partition coefficient (Wildman–Crippen LogP) is 2.97. The molecule has 1 aromatic heterocycles. The van der Waals surface area contributed by atoms with Crippen LogP contribution in [0.2, 0.25) is 0 Å². The lowest BCUT2D eigenvalue weighted by atomic mass is 10.2. The molecule has 0 aliphatic carbocycles. The minimum atomic E-state index is -3.98. The molecule has 0 aliphatic rings. The Morgan fingerprint density at radius 3 is 2.23 bits per heavy atom. The number of hydrogen-bond acceptors (Lipinski definition) is 5. The lowest BCUT2D eigenvalue weighted by Crippen LogP contribution is -2.42. The number of nitrogens with one attached hydrogen (secondary N) is 2. The summed E-state index contributed by atoms with van der Waals surface area (Å²) in [7, 11) is -3.98. The highest BCUT2D eigenvalue weighted by molar-refractivity contribution is 7.91. The van der Waals surface area contributed by atoms with Crippen LogP contribution in [0.4, 0.5) is 8.78 Å². The summed E-state index contributed by atoms with van der Waals surface area (Å²) in [6, 6.07) is 13.4. The van der Waals surface area contributed by atoms with Crippen LogP contribution in [-0.2, 0) is 26.0 Å². The fourth-order valence-corrected chi connectivity index (χ4v) is 5.57. The van der Waals surface area contributed by atoms with Crippen LogP contribution >= 0.6 is 11.3 Å². The number of carbonyl (C=O) groups is 2. The number of thiophene rings is 1. The van der Waals surface area contributed by atoms with Crippen LogP contribution in [0, 0.1) is 11.6 Å². The molecule has 31 heavy (non-hydrogen) atoms. The standard InChI is InChI=1S/C21H18F2N2O4S2/c22-15-7-9-16(10-8-15)31(28,29)19(18-6-3-11-30-18)13-25-21(27)20(26)24-12-14-4-1-2-5-17(14)23/h1-11,19H,12-13H2,(H,24,26)(H,25,27)/t19-/m0/s1. The molecular weight excluding hydrogens is 446 g/mol. The summed E-state index contributed by atoms with van der Waals surface area (Å²) in [5, 5.41) is 5.13. The fraction of sp³-hybridized carbons (Fsp3) is 0.143. The molecule has 0 saturated carbocycles. The van der Waals surface area contributed by atoms with Gasteiger partial charge in [-0.05, 0) is 41.8 Å². The Morgan fingerprint density at radius 1 is 0.903 bits per heavy atom. The van der Waals surface area contributed by atoms with Crippen molar-refractivity contribution in [2.75, 3.05) is 6.54 Å². The largest absolute Gasteiger partial charge is 0.346 e. The summed E-state index contributed by atoms with van der Waals surface area (Å²) in [6.45, 7) is -0.562. The summed E-state index contributed by atoms with van der Waals surface area (Å²) >= 11 is 1.18. The van der Waals surface area contributed by atoms with Crippen LogP contribution in [0.15, 0.2) is 70.9 Å². The second-order valence-electron chi connectivity index (χ2n) is 6.49. The third-order valence-electron chi connectivity index (χ3n) is 4.43. The molecule has 1 atom stereocenters. The van der Waals surface area contributed by atoms with Crippen LogP contribution in [0.1, 0.15) is 15.7 Å². The Balaban J connectivity index is 1.69. The van der Waals surface area contributed by atoms with E-state index < -0.39 is 38.5 Å². The first-order valence-corrected chi connectivity index (χ1v) is 11.5. The van der Waals surface area contributed by atoms with E-state index in [2.05, 4.69) is 10.6 Å². The topological polar surface area (TPSA) is 92.3 Å². The maximum Gasteiger partial charge on any atom is 0.309 e. The van der Waals surface area contributed by atoms with Gasteiger partial charge in [0, 0.05) is 23.5 Å². The Kier molecular flexibility index (Phi) is 7.13. The van der Waals surface area contributed by atoms with Crippen molar-refractivity contribution >= 4 is 33.0 Å². The number of carbonyl (C=O) groups excluding carboxylic acids is 2. The van der Waals surface area contributed by atoms with Gasteiger partial charge in [-0.3, -0.25) is 9.59 Å². The molecule has 0 fully saturated rings. The zero-order valence-electron chi connectivity index (χ0n) is 16.0. The molecule has 2 aromatic carbocycles. The Bertz CT molecular complexity index is 1160. The van der Waals surface area contributed by atoms with E-state index in [1.54, 1.807) is 23.6 Å². The number of benzene rings is 2. The molecule has 0 saturated heterocycles. The summed E-state index contributed by atoms with van der Waals surface area (Å²) in [5.41, 5.74) is 0.207. The highest BCUT2D eigenvalue weighted by Gasteiger charge is 2.31. The maximum absolute atomic E-state index is 13.6. The number of sulfone groups is 1. The number of halogens is 2. The minimum Gasteiger partial charge on any atom is -0.346 e. The molecule has 0 spiro atoms. The van der Waals surface area contributed by atoms with Gasteiger partial charge in [-0.1, -0.05) is 24.3 Å². The predicted molar refractivity (Wildman–Crippen MR) is 112 cm³/mol. The lowest BCUT2D eigenvalue weighted by Gasteiger charge is -2.17. The number of hydrogen-bond donors (Lipinski definition) is 2. The summed E-state index contributed by atoms with van der Waals surface area (Å²) in [6.07, 6.45) is 0. The summed E-state index contributed by atoms with van der Waals surface area (Å²) < 4.78 is 52.9. The molecule has 2 amide bonds. The molecule has 2 N–H and O–H groups in total. The van der Waals surface area contributed by atoms with E-state index in [9.17, 15) is 26.8 Å². The molecule has 6 nitrogen and oxygen atoms in total. The minimum absolute atomic E-state index is 0.106. The molecule has 0 radical (unpaired) electrons. The molecule has 10 heteroatoms. The second kappa shape index (κ2) is 9.80. The normalized spacial score (nSPS) is 12.2. The first-order chi connectivity index (χ1) is 14.8. The number of amides is 2. The zero-order chi connectivity index (χ0) is 22.4. The van der Waals surface area contributed by atoms with Crippen molar-refractivity contribution in [1.29, 1.82) is 0 Å². The average molecular weight is 465 g/mol. The van der Waals surface area contributed by atoms with Gasteiger partial charge in [0.05, 0.1) is 4.90 Å². The first kappa shape index (κ1) is 22.6. The lowest BCUT2D eigenvalue weighted by molar-refractivity contribution is -0.139. The van der Waals surface area contributed by atoms with E-state index in [0.29, 0.717) is 4.88 Å². The number of rotatable bonds is 7. The third-order valence-corrected chi connectivity index (χ3v) is 7.66. The van der Waals surface area contributed by atoms with Crippen molar-refractivity contribution in [3.8, 4) is 0 Å². The van der Waals surface area contributed by atoms with E-state index in [1.807, 2.05) is 0 Å². The summed E-state index contributed by atoms with van der Waals surface area (Å²) in [4.78, 5) is 24.6. The molecule has 162 valence electrons. The van der Waals surface area contributed by atoms with Crippen LogP contribution in [-0.4, -0.2) is 26.8 Å². The van der Waals surface area contributed by atoms with Crippen LogP contribution in [0.25, 0.3) is 0 Å². The highest BCUT2D eigenvalue weighted by atomic mass is 32.2. The van der Waals surface area contributed by atoms with Gasteiger partial charge in [-0.25, -0.2) is 17.2 Å². The SMILES string of the molecule is O=C(NCc1ccccc1F)C(=O)NC[C@@H](c1cccs1)S(=O)(=O)c1ccc(F)cc1. The van der Waals surface area contributed by atoms with E-state index in [4.69, 9.17) is 0 Å². The molecule has 3 rings (SSSR count). The quantitative estimate of drug-likeness (QED) is 0.415. The Morgan fingerprint density at radius 2 is 1.58 bits per heavy atom. The maximum atomic E-state index is 13.6. The van der Waals surface area contributed by atoms with Gasteiger partial charge in [0.15, 0.2) is 9.84 Å². The fourth-order valence-electron chi connectivity index (χ4n) is 2.79. The van der Waals surface area contributed by atoms with Gasteiger partial charge < -0.3 is 10.6 Å². The van der Waals surface area contributed by atoms with Gasteiger partial charge in [0.1, 0.15) is 16.9 Å². The van der Waals surface area contributed by atoms with E-state index in [0.717, 1.165) is 24.3 Å². The third kappa shape index (κ3) is 5.53. The van der Waals surface area contributed by atoms with Crippen LogP contribution in [0.5, 0.6) is 0 Å². The highest BCUT2D eigenvalue weighted by Crippen LogP contribution is 2.31. The van der Waals surface area contributed by atoms with Crippen molar-refractivity contribution < 1.29 is 26.8 Å². The summed E-state index contributed by atoms with van der Waals surface area (Å²) in [5.74, 6) is -3.17. The van der Waals surface area contributed by atoms with Gasteiger partial charge in [0.2, 0.25) is 0 Å². The van der Waals surface area contributed by atoms with Crippen LogP contribution in [0.3, 0.4) is 0 Å². The average Bonchev–Trinajstić information content (AvgIpc) is 3.27. The van der Waals surface area contributed by atoms with Gasteiger partial charge in [-0.15, -0.1) is 11.3 Å². The van der Waals surface area contributed by atoms with Crippen molar-refractivity contribution in [1.82, 2.24) is 10.6 Å². The molecule has 1 heterocycles. The van der Waals surface area contributed by atoms with E-state index in [-0.39, 0.29) is 23.5 Å². The zero-order valence-corrected chi connectivity index (χ0v) is 17.7. The smallest absolute Gasteiger partial charge is 0.309 e. The van der Waals surface area contributed by atoms with Crippen molar-refractivity contribution in [3.05, 3.63) is 88.1 Å². The Labute approximate surface area is 181 Å². The van der Waals surface area contributed by atoms with E-state index in [1.165, 1.54) is 29.5 Å². The second-order valence-corrected chi connectivity index (χ2v) is 9.60. The van der Waals surface area contributed by atoms with Crippen molar-refractivity contribution in [3.63, 3.8) is 0 Å². The molecule has 0 unspecified atom stereocenters. The Hall–Kier alpha value is -3.11. The van der Waals surface area contributed by atoms with Gasteiger partial charge in [-0.2, -0.15) is 0 Å². The first-order valence-electron chi connectivity index (χ1n) is 9.11.